The van der Waals surface area contributed by atoms with Gasteiger partial charge in [-0.3, -0.25) is 14.5 Å². The molecule has 1 fully saturated rings. The Morgan fingerprint density at radius 1 is 1.22 bits per heavy atom. The minimum atomic E-state index is -3.76. The van der Waals surface area contributed by atoms with Gasteiger partial charge < -0.3 is 15.0 Å². The zero-order chi connectivity index (χ0) is 23.3. The van der Waals surface area contributed by atoms with Crippen molar-refractivity contribution in [2.45, 2.75) is 50.5 Å². The monoisotopic (exact) mass is 466 g/mol. The van der Waals surface area contributed by atoms with Crippen LogP contribution < -0.4 is 15.4 Å². The van der Waals surface area contributed by atoms with E-state index >= 15 is 0 Å². The Labute approximate surface area is 190 Å². The van der Waals surface area contributed by atoms with Gasteiger partial charge in [0.15, 0.2) is 0 Å². The number of nitrogens with two attached hydrogens (primary N) is 1. The highest BCUT2D eigenvalue weighted by Gasteiger charge is 2.30. The van der Waals surface area contributed by atoms with Crippen LogP contribution in [0.5, 0.6) is 0 Å². The fourth-order valence-electron chi connectivity index (χ4n) is 4.19. The van der Waals surface area contributed by atoms with Gasteiger partial charge >= 0.3 is 0 Å². The smallest absolute Gasteiger partial charge is 0.241 e. The minimum Gasteiger partial charge on any atom is -0.379 e. The van der Waals surface area contributed by atoms with Gasteiger partial charge in [-0.25, -0.2) is 13.6 Å². The van der Waals surface area contributed by atoms with Crippen molar-refractivity contribution in [1.29, 1.82) is 0 Å². The van der Waals surface area contributed by atoms with Crippen molar-refractivity contribution in [2.75, 3.05) is 44.2 Å². The van der Waals surface area contributed by atoms with E-state index in [9.17, 15) is 18.0 Å². The molecule has 0 radical (unpaired) electrons. The molecule has 0 spiro atoms. The fraction of sp³-hybridized carbons (Fsp3) is 0.636. The normalized spacial score (nSPS) is 17.6. The Balaban J connectivity index is 1.43. The molecule has 0 atom stereocenters. The zero-order valence-corrected chi connectivity index (χ0v) is 19.7. The third-order valence-corrected chi connectivity index (χ3v) is 6.88. The molecule has 0 aliphatic carbocycles. The molecular formula is C22H34N4O5S. The molecule has 2 aliphatic heterocycles. The van der Waals surface area contributed by atoms with Gasteiger partial charge in [0.2, 0.25) is 21.8 Å². The van der Waals surface area contributed by atoms with Crippen molar-refractivity contribution in [1.82, 2.24) is 10.2 Å². The van der Waals surface area contributed by atoms with Crippen LogP contribution in [0, 0.1) is 5.92 Å². The van der Waals surface area contributed by atoms with Crippen LogP contribution in [0.2, 0.25) is 0 Å². The average Bonchev–Trinajstić information content (AvgIpc) is 3.16. The van der Waals surface area contributed by atoms with Crippen molar-refractivity contribution in [3.63, 3.8) is 0 Å². The van der Waals surface area contributed by atoms with E-state index in [4.69, 9.17) is 9.88 Å². The van der Waals surface area contributed by atoms with Crippen molar-refractivity contribution in [3.05, 3.63) is 23.8 Å². The van der Waals surface area contributed by atoms with Gasteiger partial charge in [0.05, 0.1) is 17.5 Å². The quantitative estimate of drug-likeness (QED) is 0.521. The number of nitrogens with zero attached hydrogens (tertiary/aromatic N) is 2. The molecule has 0 saturated carbocycles. The van der Waals surface area contributed by atoms with Gasteiger partial charge in [0.1, 0.15) is 0 Å². The predicted octanol–water partition coefficient (Wildman–Crippen LogP) is 0.866. The molecule has 3 N–H and O–H groups in total. The summed E-state index contributed by atoms with van der Waals surface area (Å²) in [4.78, 5) is 29.1. The van der Waals surface area contributed by atoms with Crippen molar-refractivity contribution in [3.8, 4) is 0 Å². The molecule has 0 unspecified atom stereocenters. The number of nitrogens with one attached hydrogen (secondary N) is 1. The van der Waals surface area contributed by atoms with Gasteiger partial charge in [0, 0.05) is 31.3 Å². The van der Waals surface area contributed by atoms with Gasteiger partial charge in [-0.05, 0) is 76.4 Å². The lowest BCUT2D eigenvalue weighted by molar-refractivity contribution is -0.126. The molecule has 2 amide bonds. The second-order valence-electron chi connectivity index (χ2n) is 8.75. The molecule has 1 aromatic carbocycles. The number of sulfonamides is 1. The Hall–Kier alpha value is -2.01. The summed E-state index contributed by atoms with van der Waals surface area (Å²) in [6.07, 6.45) is 3.07. The van der Waals surface area contributed by atoms with Crippen LogP contribution in [0.3, 0.4) is 0 Å². The predicted molar refractivity (Wildman–Crippen MR) is 122 cm³/mol. The third-order valence-electron chi connectivity index (χ3n) is 5.96. The molecule has 9 nitrogen and oxygen atoms in total. The van der Waals surface area contributed by atoms with E-state index in [-0.39, 0.29) is 35.3 Å². The van der Waals surface area contributed by atoms with Crippen LogP contribution in [0.4, 0.5) is 5.69 Å². The number of hydrogen-bond donors (Lipinski definition) is 2. The number of anilines is 1. The van der Waals surface area contributed by atoms with Crippen LogP contribution in [0.25, 0.3) is 0 Å². The topological polar surface area (TPSA) is 122 Å². The summed E-state index contributed by atoms with van der Waals surface area (Å²) in [5.41, 5.74) is 1.57. The van der Waals surface area contributed by atoms with Crippen LogP contribution in [-0.4, -0.2) is 70.6 Å². The van der Waals surface area contributed by atoms with Gasteiger partial charge in [-0.2, -0.15) is 0 Å². The lowest BCUT2D eigenvalue weighted by atomic mass is 9.96. The largest absolute Gasteiger partial charge is 0.379 e. The molecular weight excluding hydrogens is 432 g/mol. The summed E-state index contributed by atoms with van der Waals surface area (Å²) in [5.74, 6) is 0.0522. The molecule has 1 saturated heterocycles. The Morgan fingerprint density at radius 2 is 1.94 bits per heavy atom. The van der Waals surface area contributed by atoms with Gasteiger partial charge in [-0.15, -0.1) is 0 Å². The standard InChI is InChI=1S/C22H34N4O5S/c1-16(2)31-13-3-9-24-22(28)17-6-10-25(11-7-17)15-21(27)26-12-8-18-14-19(32(23,29)30)4-5-20(18)26/h4-5,14,16-17H,3,6-13,15H2,1-2H3,(H,24,28)(H2,23,29,30). The molecule has 0 bridgehead atoms. The number of carbonyl (C=O) groups excluding carboxylic acids is 2. The van der Waals surface area contributed by atoms with Crippen LogP contribution >= 0.6 is 0 Å². The molecule has 178 valence electrons. The summed E-state index contributed by atoms with van der Waals surface area (Å²) in [6.45, 7) is 7.45. The van der Waals surface area contributed by atoms with Crippen LogP contribution in [0.15, 0.2) is 23.1 Å². The van der Waals surface area contributed by atoms with Crippen molar-refractivity contribution >= 4 is 27.5 Å². The molecule has 10 heteroatoms. The van der Waals surface area contributed by atoms with Gasteiger partial charge in [-0.1, -0.05) is 0 Å². The molecule has 32 heavy (non-hydrogen) atoms. The molecule has 3 rings (SSSR count). The number of carbonyl (C=O) groups is 2. The molecule has 0 aromatic heterocycles. The molecule has 2 heterocycles. The second kappa shape index (κ2) is 10.7. The van der Waals surface area contributed by atoms with E-state index in [1.54, 1.807) is 17.0 Å². The number of rotatable bonds is 9. The fourth-order valence-corrected chi connectivity index (χ4v) is 4.76. The van der Waals surface area contributed by atoms with E-state index < -0.39 is 10.0 Å². The number of amides is 2. The lowest BCUT2D eigenvalue weighted by Gasteiger charge is -2.32. The SMILES string of the molecule is CC(C)OCCCNC(=O)C1CCN(CC(=O)N2CCc3cc(S(N)(=O)=O)ccc32)CC1. The first-order chi connectivity index (χ1) is 15.1. The molecule has 2 aliphatic rings. The van der Waals surface area contributed by atoms with Crippen LogP contribution in [0.1, 0.15) is 38.7 Å². The summed E-state index contributed by atoms with van der Waals surface area (Å²) in [6, 6.07) is 4.65. The zero-order valence-electron chi connectivity index (χ0n) is 18.9. The maximum Gasteiger partial charge on any atom is 0.241 e. The summed E-state index contributed by atoms with van der Waals surface area (Å²) in [5, 5.41) is 8.19. The van der Waals surface area contributed by atoms with E-state index in [1.165, 1.54) is 6.07 Å². The van der Waals surface area contributed by atoms with Crippen molar-refractivity contribution in [2.24, 2.45) is 11.1 Å². The number of benzene rings is 1. The van der Waals surface area contributed by atoms with E-state index in [0.717, 1.165) is 30.5 Å². The van der Waals surface area contributed by atoms with Crippen LogP contribution in [-0.2, 0) is 30.8 Å². The lowest BCUT2D eigenvalue weighted by Crippen LogP contribution is -2.45. The number of primary sulfonamides is 1. The number of likely N-dealkylation sites (tertiary alicyclic amines) is 1. The first kappa shape index (κ1) is 24.6. The number of piperidine rings is 1. The minimum absolute atomic E-state index is 0.0137. The summed E-state index contributed by atoms with van der Waals surface area (Å²) >= 11 is 0. The summed E-state index contributed by atoms with van der Waals surface area (Å²) in [7, 11) is -3.76. The average molecular weight is 467 g/mol. The Kier molecular flexibility index (Phi) is 8.26. The third kappa shape index (κ3) is 6.50. The number of ether oxygens (including phenoxy) is 1. The highest BCUT2D eigenvalue weighted by atomic mass is 32.2. The first-order valence-corrected chi connectivity index (χ1v) is 12.8. The maximum atomic E-state index is 12.9. The summed E-state index contributed by atoms with van der Waals surface area (Å²) < 4.78 is 28.6. The highest BCUT2D eigenvalue weighted by molar-refractivity contribution is 7.89. The second-order valence-corrected chi connectivity index (χ2v) is 10.3. The number of fused-ring (bicyclic) bond motifs is 1. The first-order valence-electron chi connectivity index (χ1n) is 11.2. The Morgan fingerprint density at radius 3 is 2.59 bits per heavy atom. The van der Waals surface area contributed by atoms with E-state index in [0.29, 0.717) is 39.2 Å². The van der Waals surface area contributed by atoms with E-state index in [2.05, 4.69) is 10.2 Å². The van der Waals surface area contributed by atoms with Crippen molar-refractivity contribution < 1.29 is 22.7 Å². The van der Waals surface area contributed by atoms with Gasteiger partial charge in [0.25, 0.3) is 0 Å². The number of hydrogen-bond acceptors (Lipinski definition) is 6. The molecule has 1 aromatic rings. The Bertz CT molecular complexity index is 926. The maximum absolute atomic E-state index is 12.9. The van der Waals surface area contributed by atoms with E-state index in [1.807, 2.05) is 13.8 Å². The highest BCUT2D eigenvalue weighted by Crippen LogP contribution is 2.30.